The van der Waals surface area contributed by atoms with Crippen LogP contribution in [0.5, 0.6) is 5.75 Å². The first-order chi connectivity index (χ1) is 21.9. The molecule has 9 nitrogen and oxygen atoms in total. The van der Waals surface area contributed by atoms with E-state index in [4.69, 9.17) is 4.74 Å². The molecule has 6 rings (SSSR count). The third kappa shape index (κ3) is 6.25. The number of nitrogens with zero attached hydrogens (tertiary/aromatic N) is 4. The SMILES string of the molecule is COc1ccc(CNC(=O)N2[C@H]3CN(CC(c4ccccc4)c4ccccc4)C(=O)[C@H](c4ccccc4)N3C(=O)CN2C)cc1. The van der Waals surface area contributed by atoms with E-state index in [9.17, 15) is 14.4 Å². The summed E-state index contributed by atoms with van der Waals surface area (Å²) in [6.07, 6.45) is -0.706. The first kappa shape index (κ1) is 29.9. The maximum Gasteiger partial charge on any atom is 0.334 e. The Kier molecular flexibility index (Phi) is 8.79. The highest BCUT2D eigenvalue weighted by Gasteiger charge is 2.51. The average molecular weight is 604 g/mol. The summed E-state index contributed by atoms with van der Waals surface area (Å²) in [5, 5.41) is 6.25. The molecule has 2 fully saturated rings. The van der Waals surface area contributed by atoms with E-state index in [1.165, 1.54) is 0 Å². The number of nitrogens with one attached hydrogen (secondary N) is 1. The number of hydrazine groups is 1. The maximum absolute atomic E-state index is 14.4. The lowest BCUT2D eigenvalue weighted by atomic mass is 9.89. The highest BCUT2D eigenvalue weighted by molar-refractivity contribution is 5.92. The number of carbonyl (C=O) groups is 3. The van der Waals surface area contributed by atoms with Crippen molar-refractivity contribution in [2.24, 2.45) is 0 Å². The summed E-state index contributed by atoms with van der Waals surface area (Å²) in [6, 6.07) is 35.9. The quantitative estimate of drug-likeness (QED) is 0.317. The molecule has 2 aliphatic rings. The number of methoxy groups -OCH3 is 1. The van der Waals surface area contributed by atoms with Crippen molar-refractivity contribution >= 4 is 17.8 Å². The number of carbonyl (C=O) groups excluding carboxylic acids is 3. The molecule has 0 spiro atoms. The van der Waals surface area contributed by atoms with Crippen molar-refractivity contribution in [3.05, 3.63) is 138 Å². The molecule has 0 aliphatic carbocycles. The number of piperazine rings is 1. The fraction of sp³-hybridized carbons (Fsp3) is 0.250. The lowest BCUT2D eigenvalue weighted by Crippen LogP contribution is -2.74. The Morgan fingerprint density at radius 3 is 2.00 bits per heavy atom. The number of amides is 4. The van der Waals surface area contributed by atoms with Gasteiger partial charge in [0, 0.05) is 26.1 Å². The summed E-state index contributed by atoms with van der Waals surface area (Å²) in [5.74, 6) is 0.268. The van der Waals surface area contributed by atoms with Crippen molar-refractivity contribution in [2.75, 3.05) is 33.8 Å². The summed E-state index contributed by atoms with van der Waals surface area (Å²) in [5.41, 5.74) is 3.79. The van der Waals surface area contributed by atoms with Gasteiger partial charge in [0.25, 0.3) is 0 Å². The van der Waals surface area contributed by atoms with Crippen molar-refractivity contribution in [3.8, 4) is 5.75 Å². The van der Waals surface area contributed by atoms with Crippen molar-refractivity contribution < 1.29 is 19.1 Å². The van der Waals surface area contributed by atoms with E-state index in [1.807, 2.05) is 95.9 Å². The predicted octanol–water partition coefficient (Wildman–Crippen LogP) is 4.64. The van der Waals surface area contributed by atoms with Gasteiger partial charge in [0.15, 0.2) is 0 Å². The van der Waals surface area contributed by atoms with Gasteiger partial charge in [0.2, 0.25) is 11.8 Å². The highest BCUT2D eigenvalue weighted by Crippen LogP contribution is 2.36. The number of hydrogen-bond donors (Lipinski definition) is 1. The molecule has 0 radical (unpaired) electrons. The van der Waals surface area contributed by atoms with Gasteiger partial charge in [-0.2, -0.15) is 0 Å². The number of rotatable bonds is 8. The van der Waals surface area contributed by atoms with Crippen molar-refractivity contribution in [1.29, 1.82) is 0 Å². The monoisotopic (exact) mass is 603 g/mol. The van der Waals surface area contributed by atoms with Crippen LogP contribution in [0.15, 0.2) is 115 Å². The van der Waals surface area contributed by atoms with Gasteiger partial charge in [-0.1, -0.05) is 103 Å². The summed E-state index contributed by atoms with van der Waals surface area (Å²) in [4.78, 5) is 45.4. The number of fused-ring (bicyclic) bond motifs is 1. The van der Waals surface area contributed by atoms with Crippen LogP contribution in [0.25, 0.3) is 0 Å². The number of benzene rings is 4. The van der Waals surface area contributed by atoms with Gasteiger partial charge in [-0.25, -0.2) is 14.8 Å². The van der Waals surface area contributed by atoms with Gasteiger partial charge < -0.3 is 19.9 Å². The van der Waals surface area contributed by atoms with Crippen molar-refractivity contribution in [3.63, 3.8) is 0 Å². The number of likely N-dealkylation sites (N-methyl/N-ethyl adjacent to an activating group) is 1. The minimum atomic E-state index is -0.866. The van der Waals surface area contributed by atoms with E-state index in [1.54, 1.807) is 29.1 Å². The van der Waals surface area contributed by atoms with Crippen LogP contribution < -0.4 is 10.1 Å². The van der Waals surface area contributed by atoms with Crippen LogP contribution in [0.3, 0.4) is 0 Å². The molecule has 2 heterocycles. The summed E-state index contributed by atoms with van der Waals surface area (Å²) in [7, 11) is 3.34. The van der Waals surface area contributed by atoms with E-state index in [-0.39, 0.29) is 36.9 Å². The topological polar surface area (TPSA) is 85.4 Å². The van der Waals surface area contributed by atoms with Gasteiger partial charge in [0.05, 0.1) is 20.2 Å². The average Bonchev–Trinajstić information content (AvgIpc) is 3.08. The Balaban J connectivity index is 1.34. The Morgan fingerprint density at radius 1 is 0.844 bits per heavy atom. The van der Waals surface area contributed by atoms with Crippen LogP contribution in [-0.2, 0) is 16.1 Å². The molecule has 230 valence electrons. The Morgan fingerprint density at radius 2 is 1.42 bits per heavy atom. The number of urea groups is 1. The van der Waals surface area contributed by atoms with Crippen LogP contribution in [-0.4, -0.2) is 77.6 Å². The molecule has 0 aromatic heterocycles. The molecule has 0 saturated carbocycles. The highest BCUT2D eigenvalue weighted by atomic mass is 16.5. The fourth-order valence-corrected chi connectivity index (χ4v) is 6.32. The van der Waals surface area contributed by atoms with Crippen LogP contribution in [0.2, 0.25) is 0 Å². The second-order valence-corrected chi connectivity index (χ2v) is 11.4. The maximum atomic E-state index is 14.4. The van der Waals surface area contributed by atoms with Gasteiger partial charge in [-0.15, -0.1) is 0 Å². The summed E-state index contributed by atoms with van der Waals surface area (Å²) >= 11 is 0. The van der Waals surface area contributed by atoms with E-state index >= 15 is 0 Å². The predicted molar refractivity (Wildman–Crippen MR) is 171 cm³/mol. The zero-order chi connectivity index (χ0) is 31.3. The van der Waals surface area contributed by atoms with E-state index in [2.05, 4.69) is 29.6 Å². The van der Waals surface area contributed by atoms with Crippen molar-refractivity contribution in [2.45, 2.75) is 24.7 Å². The van der Waals surface area contributed by atoms with Crippen LogP contribution in [0.1, 0.15) is 34.2 Å². The Labute approximate surface area is 263 Å². The van der Waals surface area contributed by atoms with Gasteiger partial charge >= 0.3 is 6.03 Å². The lowest BCUT2D eigenvalue weighted by molar-refractivity contribution is -0.187. The van der Waals surface area contributed by atoms with Crippen molar-refractivity contribution in [1.82, 2.24) is 25.1 Å². The molecule has 4 amide bonds. The van der Waals surface area contributed by atoms with Gasteiger partial charge in [-0.3, -0.25) is 9.59 Å². The summed E-state index contributed by atoms with van der Waals surface area (Å²) in [6.45, 7) is 0.826. The third-order valence-corrected chi connectivity index (χ3v) is 8.56. The normalized spacial score (nSPS) is 18.6. The minimum absolute atomic E-state index is 0.0281. The van der Waals surface area contributed by atoms with Crippen LogP contribution in [0.4, 0.5) is 4.79 Å². The van der Waals surface area contributed by atoms with E-state index in [0.717, 1.165) is 22.4 Å². The Hall–Kier alpha value is -5.15. The van der Waals surface area contributed by atoms with E-state index in [0.29, 0.717) is 18.7 Å². The minimum Gasteiger partial charge on any atom is -0.497 e. The van der Waals surface area contributed by atoms with Crippen LogP contribution in [0, 0.1) is 0 Å². The lowest BCUT2D eigenvalue weighted by Gasteiger charge is -2.54. The number of hydrogen-bond acceptors (Lipinski definition) is 5. The molecule has 2 saturated heterocycles. The van der Waals surface area contributed by atoms with Crippen LogP contribution >= 0.6 is 0 Å². The molecule has 0 unspecified atom stereocenters. The second kappa shape index (κ2) is 13.2. The fourth-order valence-electron chi connectivity index (χ4n) is 6.32. The largest absolute Gasteiger partial charge is 0.497 e. The third-order valence-electron chi connectivity index (χ3n) is 8.56. The molecule has 2 aliphatic heterocycles. The first-order valence-corrected chi connectivity index (χ1v) is 15.1. The van der Waals surface area contributed by atoms with E-state index < -0.39 is 12.2 Å². The molecular weight excluding hydrogens is 566 g/mol. The molecule has 1 N–H and O–H groups in total. The standard InChI is InChI=1S/C36H37N5O4/c1-38-25-33(42)40-32(41(38)36(44)37-22-26-18-20-30(45-2)21-19-26)24-39(35(43)34(40)29-16-10-5-11-17-29)23-31(27-12-6-3-7-13-27)28-14-8-4-9-15-28/h3-21,31-32,34H,22-25H2,1-2H3,(H,37,44)/t32-,34-/m0/s1. The Bertz CT molecular complexity index is 1580. The second-order valence-electron chi connectivity index (χ2n) is 11.4. The molecule has 45 heavy (non-hydrogen) atoms. The molecule has 4 aromatic rings. The summed E-state index contributed by atoms with van der Waals surface area (Å²) < 4.78 is 5.25. The zero-order valence-corrected chi connectivity index (χ0v) is 25.5. The first-order valence-electron chi connectivity index (χ1n) is 15.1. The smallest absolute Gasteiger partial charge is 0.334 e. The molecule has 4 aromatic carbocycles. The van der Waals surface area contributed by atoms with Gasteiger partial charge in [-0.05, 0) is 34.4 Å². The molecule has 2 atom stereocenters. The zero-order valence-electron chi connectivity index (χ0n) is 25.5. The number of ether oxygens (including phenoxy) is 1. The molecule has 0 bridgehead atoms. The van der Waals surface area contributed by atoms with Gasteiger partial charge in [0.1, 0.15) is 18.0 Å². The molecule has 9 heteroatoms. The molecular formula is C36H37N5O4.